The number of carbonyl (C=O) groups excluding carboxylic acids is 3. The molecular formula is C30H51AlO6. The third-order valence-electron chi connectivity index (χ3n) is 9.43. The van der Waals surface area contributed by atoms with Crippen molar-refractivity contribution in [2.24, 2.45) is 34.0 Å². The molecule has 0 saturated heterocycles. The number of hydrogen-bond acceptors (Lipinski definition) is 6. The van der Waals surface area contributed by atoms with Gasteiger partial charge in [0.05, 0.1) is 0 Å². The maximum absolute atomic E-state index is 10.4. The maximum Gasteiger partial charge on any atom is 3.00 e. The fourth-order valence-electron chi connectivity index (χ4n) is 6.44. The molecule has 3 aliphatic carbocycles. The first-order valence-electron chi connectivity index (χ1n) is 14.2. The van der Waals surface area contributed by atoms with E-state index in [0.717, 1.165) is 38.5 Å². The summed E-state index contributed by atoms with van der Waals surface area (Å²) in [7, 11) is 0. The molecule has 3 aliphatic rings. The average molecular weight is 535 g/mol. The van der Waals surface area contributed by atoms with Gasteiger partial charge in [-0.3, -0.25) is 0 Å². The largest absolute Gasteiger partial charge is 3.00 e. The van der Waals surface area contributed by atoms with Gasteiger partial charge in [-0.25, -0.2) is 0 Å². The molecule has 0 N–H and O–H groups in total. The molecule has 3 atom stereocenters. The van der Waals surface area contributed by atoms with Crippen molar-refractivity contribution in [3.63, 3.8) is 0 Å². The van der Waals surface area contributed by atoms with E-state index in [1.54, 1.807) is 0 Å². The van der Waals surface area contributed by atoms with Crippen molar-refractivity contribution in [2.75, 3.05) is 0 Å². The zero-order valence-corrected chi connectivity index (χ0v) is 25.5. The van der Waals surface area contributed by atoms with Gasteiger partial charge >= 0.3 is 17.4 Å². The molecule has 0 spiro atoms. The van der Waals surface area contributed by atoms with Crippen LogP contribution in [0.25, 0.3) is 0 Å². The second-order valence-corrected chi connectivity index (χ2v) is 13.5. The maximum atomic E-state index is 10.4. The van der Waals surface area contributed by atoms with Gasteiger partial charge in [-0.2, -0.15) is 0 Å². The van der Waals surface area contributed by atoms with Gasteiger partial charge in [0.1, 0.15) is 0 Å². The zero-order valence-electron chi connectivity index (χ0n) is 24.4. The van der Waals surface area contributed by atoms with E-state index in [-0.39, 0.29) is 52.9 Å². The van der Waals surface area contributed by atoms with E-state index in [1.165, 1.54) is 38.5 Å². The van der Waals surface area contributed by atoms with E-state index in [0.29, 0.717) is 17.8 Å². The average Bonchev–Trinajstić information content (AvgIpc) is 2.73. The Labute approximate surface area is 236 Å². The quantitative estimate of drug-likeness (QED) is 0.480. The molecule has 3 unspecified atom stereocenters. The Morgan fingerprint density at radius 3 is 0.892 bits per heavy atom. The smallest absolute Gasteiger partial charge is 0.550 e. The van der Waals surface area contributed by atoms with Crippen LogP contribution in [0.15, 0.2) is 0 Å². The molecule has 37 heavy (non-hydrogen) atoms. The van der Waals surface area contributed by atoms with Crippen LogP contribution in [0.5, 0.6) is 0 Å². The monoisotopic (exact) mass is 534 g/mol. The Bertz CT molecular complexity index is 620. The molecule has 0 amide bonds. The fourth-order valence-corrected chi connectivity index (χ4v) is 6.44. The topological polar surface area (TPSA) is 120 Å². The molecule has 3 fully saturated rings. The molecule has 3 rings (SSSR count). The Kier molecular flexibility index (Phi) is 15.7. The van der Waals surface area contributed by atoms with Crippen LogP contribution in [-0.2, 0) is 14.4 Å². The van der Waals surface area contributed by atoms with Crippen molar-refractivity contribution in [3.05, 3.63) is 0 Å². The second kappa shape index (κ2) is 16.1. The summed E-state index contributed by atoms with van der Waals surface area (Å²) in [6.45, 7) is 13.0. The molecule has 3 saturated carbocycles. The van der Waals surface area contributed by atoms with E-state index in [2.05, 4.69) is 41.5 Å². The minimum Gasteiger partial charge on any atom is -0.550 e. The van der Waals surface area contributed by atoms with Crippen LogP contribution >= 0.6 is 0 Å². The SMILES string of the molecule is CC1(C)CCCCC1CC(=O)[O-].CC1(C)CCCCC1CC(=O)[O-].CC1(C)CCCCC1CC(=O)[O-].[Al+3]. The Balaban J connectivity index is 0.000000518. The van der Waals surface area contributed by atoms with E-state index in [9.17, 15) is 29.7 Å². The van der Waals surface area contributed by atoms with Crippen LogP contribution in [0, 0.1) is 34.0 Å². The molecule has 0 aromatic carbocycles. The number of carboxylic acids is 3. The van der Waals surface area contributed by atoms with E-state index < -0.39 is 17.9 Å². The number of rotatable bonds is 6. The third kappa shape index (κ3) is 13.5. The molecule has 0 aromatic rings. The predicted octanol–water partition coefficient (Wildman–Crippen LogP) is 3.65. The molecule has 0 aromatic heterocycles. The van der Waals surface area contributed by atoms with Gasteiger partial charge in [0.15, 0.2) is 0 Å². The van der Waals surface area contributed by atoms with E-state index in [4.69, 9.17) is 0 Å². The van der Waals surface area contributed by atoms with Crippen LogP contribution in [0.1, 0.15) is 138 Å². The number of hydrogen-bond donors (Lipinski definition) is 0. The summed E-state index contributed by atoms with van der Waals surface area (Å²) in [6, 6.07) is 0. The number of aliphatic carboxylic acids is 3. The molecule has 210 valence electrons. The van der Waals surface area contributed by atoms with Gasteiger partial charge in [-0.15, -0.1) is 0 Å². The first kappa shape index (κ1) is 35.9. The van der Waals surface area contributed by atoms with Crippen molar-refractivity contribution >= 4 is 35.3 Å². The molecule has 0 bridgehead atoms. The van der Waals surface area contributed by atoms with Gasteiger partial charge in [0.25, 0.3) is 0 Å². The molecule has 6 nitrogen and oxygen atoms in total. The third-order valence-corrected chi connectivity index (χ3v) is 9.43. The summed E-state index contributed by atoms with van der Waals surface area (Å²) in [5, 5.41) is 31.3. The summed E-state index contributed by atoms with van der Waals surface area (Å²) in [5.41, 5.74) is 0.620. The van der Waals surface area contributed by atoms with Gasteiger partial charge in [0, 0.05) is 17.9 Å². The fraction of sp³-hybridized carbons (Fsp3) is 0.900. The summed E-state index contributed by atoms with van der Waals surface area (Å²) in [6.07, 6.45) is 14.7. The van der Waals surface area contributed by atoms with Crippen molar-refractivity contribution < 1.29 is 29.7 Å². The standard InChI is InChI=1S/3C10H18O2.Al/c3*1-10(2)6-4-3-5-8(10)7-9(11)12;/h3*8H,3-7H2,1-2H3,(H,11,12);/q;;;+3/p-3. The number of carboxylic acid groups (broad SMARTS) is 3. The summed E-state index contributed by atoms with van der Waals surface area (Å²) in [4.78, 5) is 31.3. The van der Waals surface area contributed by atoms with Crippen molar-refractivity contribution in [1.29, 1.82) is 0 Å². The minimum atomic E-state index is -0.894. The Morgan fingerprint density at radius 2 is 0.730 bits per heavy atom. The molecular weight excluding hydrogens is 483 g/mol. The van der Waals surface area contributed by atoms with E-state index in [1.807, 2.05) is 0 Å². The molecule has 7 heteroatoms. The summed E-state index contributed by atoms with van der Waals surface area (Å²) < 4.78 is 0. The van der Waals surface area contributed by atoms with E-state index >= 15 is 0 Å². The number of carbonyl (C=O) groups is 3. The van der Waals surface area contributed by atoms with Crippen molar-refractivity contribution in [3.8, 4) is 0 Å². The first-order valence-corrected chi connectivity index (χ1v) is 14.2. The minimum absolute atomic E-state index is 0. The van der Waals surface area contributed by atoms with Gasteiger partial charge < -0.3 is 29.7 Å². The van der Waals surface area contributed by atoms with Crippen LogP contribution in [0.4, 0.5) is 0 Å². The molecule has 0 radical (unpaired) electrons. The summed E-state index contributed by atoms with van der Waals surface area (Å²) in [5.74, 6) is -1.69. The molecule has 0 heterocycles. The normalized spacial score (nSPS) is 27.6. The first-order chi connectivity index (χ1) is 16.6. The van der Waals surface area contributed by atoms with Crippen LogP contribution in [-0.4, -0.2) is 35.3 Å². The predicted molar refractivity (Wildman–Crippen MR) is 142 cm³/mol. The van der Waals surface area contributed by atoms with Gasteiger partial charge in [0.2, 0.25) is 0 Å². The van der Waals surface area contributed by atoms with Gasteiger partial charge in [-0.1, -0.05) is 80.1 Å². The zero-order chi connectivity index (χ0) is 27.6. The Morgan fingerprint density at radius 1 is 0.514 bits per heavy atom. The van der Waals surface area contributed by atoms with Crippen molar-refractivity contribution in [1.82, 2.24) is 0 Å². The van der Waals surface area contributed by atoms with Gasteiger partial charge in [-0.05, 0) is 91.8 Å². The summed E-state index contributed by atoms with van der Waals surface area (Å²) >= 11 is 0. The molecule has 0 aliphatic heterocycles. The van der Waals surface area contributed by atoms with Crippen LogP contribution in [0.3, 0.4) is 0 Å². The van der Waals surface area contributed by atoms with Crippen molar-refractivity contribution in [2.45, 2.75) is 138 Å². The van der Waals surface area contributed by atoms with Crippen LogP contribution in [0.2, 0.25) is 0 Å². The second-order valence-electron chi connectivity index (χ2n) is 13.5. The Hall–Kier alpha value is -1.06. The van der Waals surface area contributed by atoms with Crippen LogP contribution < -0.4 is 15.3 Å².